The van der Waals surface area contributed by atoms with Gasteiger partial charge in [-0.1, -0.05) is 22.9 Å². The van der Waals surface area contributed by atoms with Gasteiger partial charge < -0.3 is 10.2 Å². The van der Waals surface area contributed by atoms with E-state index in [1.54, 1.807) is 13.1 Å². The van der Waals surface area contributed by atoms with Gasteiger partial charge in [0, 0.05) is 36.4 Å². The van der Waals surface area contributed by atoms with Crippen molar-refractivity contribution in [1.82, 2.24) is 5.32 Å². The smallest absolute Gasteiger partial charge is 0.224 e. The van der Waals surface area contributed by atoms with Gasteiger partial charge >= 0.3 is 0 Å². The molecule has 1 amide bonds. The van der Waals surface area contributed by atoms with Crippen LogP contribution in [0.5, 0.6) is 0 Å². The van der Waals surface area contributed by atoms with Gasteiger partial charge in [-0.15, -0.1) is 0 Å². The average molecular weight is 313 g/mol. The Morgan fingerprint density at radius 3 is 2.78 bits per heavy atom. The monoisotopic (exact) mass is 312 g/mol. The molecule has 0 radical (unpaired) electrons. The zero-order valence-electron chi connectivity index (χ0n) is 10.7. The Morgan fingerprint density at radius 2 is 2.22 bits per heavy atom. The Kier molecular flexibility index (Phi) is 5.34. The number of amides is 1. The third-order valence-electron chi connectivity index (χ3n) is 2.77. The van der Waals surface area contributed by atoms with Crippen LogP contribution in [0.1, 0.15) is 17.3 Å². The minimum atomic E-state index is -0.140. The highest BCUT2D eigenvalue weighted by molar-refractivity contribution is 9.10. The maximum Gasteiger partial charge on any atom is 0.224 e. The van der Waals surface area contributed by atoms with Gasteiger partial charge in [0.25, 0.3) is 0 Å². The van der Waals surface area contributed by atoms with E-state index in [9.17, 15) is 9.59 Å². The Morgan fingerprint density at radius 1 is 1.56 bits per heavy atom. The largest absolute Gasteiger partial charge is 0.373 e. The molecule has 18 heavy (non-hydrogen) atoms. The fraction of sp³-hybridized carbons (Fsp3) is 0.385. The van der Waals surface area contributed by atoms with E-state index in [2.05, 4.69) is 21.2 Å². The van der Waals surface area contributed by atoms with Gasteiger partial charge in [-0.2, -0.15) is 0 Å². The lowest BCUT2D eigenvalue weighted by molar-refractivity contribution is -0.123. The number of halogens is 1. The highest BCUT2D eigenvalue weighted by Crippen LogP contribution is 2.23. The van der Waals surface area contributed by atoms with E-state index in [0.717, 1.165) is 16.4 Å². The molecule has 0 saturated carbocycles. The van der Waals surface area contributed by atoms with E-state index in [1.807, 2.05) is 31.0 Å². The van der Waals surface area contributed by atoms with E-state index >= 15 is 0 Å². The fourth-order valence-corrected chi connectivity index (χ4v) is 2.13. The molecule has 0 saturated heterocycles. The van der Waals surface area contributed by atoms with Crippen molar-refractivity contribution < 1.29 is 9.59 Å². The molecule has 0 aromatic heterocycles. The van der Waals surface area contributed by atoms with Gasteiger partial charge in [-0.05, 0) is 18.2 Å². The first-order chi connectivity index (χ1) is 8.49. The number of aldehydes is 1. The number of hydrogen-bond acceptors (Lipinski definition) is 3. The first-order valence-electron chi connectivity index (χ1n) is 5.67. The SMILES string of the molecule is CNC(=O)C(C)CN(C)c1cc(Br)ccc1C=O. The average Bonchev–Trinajstić information content (AvgIpc) is 2.37. The van der Waals surface area contributed by atoms with Gasteiger partial charge in [-0.25, -0.2) is 0 Å². The summed E-state index contributed by atoms with van der Waals surface area (Å²) in [6, 6.07) is 5.46. The summed E-state index contributed by atoms with van der Waals surface area (Å²) < 4.78 is 0.905. The molecule has 0 heterocycles. The molecule has 4 nitrogen and oxygen atoms in total. The fourth-order valence-electron chi connectivity index (χ4n) is 1.79. The molecular formula is C13H17BrN2O2. The first-order valence-corrected chi connectivity index (χ1v) is 6.46. The van der Waals surface area contributed by atoms with Crippen LogP contribution >= 0.6 is 15.9 Å². The van der Waals surface area contributed by atoms with Crippen molar-refractivity contribution in [2.45, 2.75) is 6.92 Å². The van der Waals surface area contributed by atoms with Crippen molar-refractivity contribution >= 4 is 33.8 Å². The van der Waals surface area contributed by atoms with E-state index < -0.39 is 0 Å². The summed E-state index contributed by atoms with van der Waals surface area (Å²) in [6.45, 7) is 2.41. The molecule has 0 fully saturated rings. The van der Waals surface area contributed by atoms with Gasteiger partial charge in [-0.3, -0.25) is 9.59 Å². The number of benzene rings is 1. The summed E-state index contributed by atoms with van der Waals surface area (Å²) in [5.74, 6) is -0.150. The van der Waals surface area contributed by atoms with Crippen LogP contribution in [0.4, 0.5) is 5.69 Å². The maximum absolute atomic E-state index is 11.5. The molecule has 1 rings (SSSR count). The van der Waals surface area contributed by atoms with Crippen LogP contribution in [0.25, 0.3) is 0 Å². The van der Waals surface area contributed by atoms with Crippen molar-refractivity contribution in [3.63, 3.8) is 0 Å². The van der Waals surface area contributed by atoms with Gasteiger partial charge in [0.15, 0.2) is 6.29 Å². The number of anilines is 1. The second-order valence-corrected chi connectivity index (χ2v) is 5.13. The van der Waals surface area contributed by atoms with Crippen LogP contribution < -0.4 is 10.2 Å². The first kappa shape index (κ1) is 14.7. The predicted octanol–water partition coefficient (Wildman–Crippen LogP) is 2.08. The molecular weight excluding hydrogens is 296 g/mol. The van der Waals surface area contributed by atoms with Crippen LogP contribution in [0.15, 0.2) is 22.7 Å². The molecule has 1 atom stereocenters. The molecule has 1 aromatic carbocycles. The van der Waals surface area contributed by atoms with Crippen LogP contribution in [-0.2, 0) is 4.79 Å². The minimum absolute atomic E-state index is 0.00972. The molecule has 0 bridgehead atoms. The van der Waals surface area contributed by atoms with Crippen molar-refractivity contribution in [3.05, 3.63) is 28.2 Å². The molecule has 98 valence electrons. The molecule has 1 unspecified atom stereocenters. The maximum atomic E-state index is 11.5. The third-order valence-corrected chi connectivity index (χ3v) is 3.27. The topological polar surface area (TPSA) is 49.4 Å². The molecule has 5 heteroatoms. The van der Waals surface area contributed by atoms with Crippen LogP contribution in [0, 0.1) is 5.92 Å². The highest BCUT2D eigenvalue weighted by atomic mass is 79.9. The van der Waals surface area contributed by atoms with E-state index in [4.69, 9.17) is 0 Å². The standard InChI is InChI=1S/C13H17BrN2O2/c1-9(13(18)15-2)7-16(3)12-6-11(14)5-4-10(12)8-17/h4-6,8-9H,7H2,1-3H3,(H,15,18). The Hall–Kier alpha value is -1.36. The Labute approximate surface area is 115 Å². The van der Waals surface area contributed by atoms with Gasteiger partial charge in [0.1, 0.15) is 0 Å². The van der Waals surface area contributed by atoms with E-state index in [0.29, 0.717) is 12.1 Å². The molecule has 0 aliphatic carbocycles. The quantitative estimate of drug-likeness (QED) is 0.847. The summed E-state index contributed by atoms with van der Waals surface area (Å²) in [5, 5.41) is 2.62. The van der Waals surface area contributed by atoms with E-state index in [1.165, 1.54) is 0 Å². The van der Waals surface area contributed by atoms with Gasteiger partial charge in [0.05, 0.1) is 5.92 Å². The Balaban J connectivity index is 2.89. The lowest BCUT2D eigenvalue weighted by Gasteiger charge is -2.24. The van der Waals surface area contributed by atoms with Crippen LogP contribution in [0.2, 0.25) is 0 Å². The summed E-state index contributed by atoms with van der Waals surface area (Å²) in [6.07, 6.45) is 0.822. The summed E-state index contributed by atoms with van der Waals surface area (Å²) >= 11 is 3.38. The van der Waals surface area contributed by atoms with Crippen molar-refractivity contribution in [1.29, 1.82) is 0 Å². The number of carbonyl (C=O) groups excluding carboxylic acids is 2. The zero-order valence-corrected chi connectivity index (χ0v) is 12.3. The van der Waals surface area contributed by atoms with Crippen molar-refractivity contribution in [2.75, 3.05) is 25.5 Å². The van der Waals surface area contributed by atoms with E-state index in [-0.39, 0.29) is 11.8 Å². The molecule has 0 aliphatic heterocycles. The predicted molar refractivity (Wildman–Crippen MR) is 76.0 cm³/mol. The third kappa shape index (κ3) is 3.57. The lowest BCUT2D eigenvalue weighted by Crippen LogP contribution is -2.34. The van der Waals surface area contributed by atoms with Crippen LogP contribution in [0.3, 0.4) is 0 Å². The lowest BCUT2D eigenvalue weighted by atomic mass is 10.1. The molecule has 1 N–H and O–H groups in total. The van der Waals surface area contributed by atoms with Crippen LogP contribution in [-0.4, -0.2) is 32.8 Å². The number of carbonyl (C=O) groups is 2. The zero-order chi connectivity index (χ0) is 13.7. The molecule has 0 spiro atoms. The number of nitrogens with one attached hydrogen (secondary N) is 1. The second kappa shape index (κ2) is 6.54. The number of hydrogen-bond donors (Lipinski definition) is 1. The van der Waals surface area contributed by atoms with Crippen molar-refractivity contribution in [2.24, 2.45) is 5.92 Å². The normalized spacial score (nSPS) is 11.8. The van der Waals surface area contributed by atoms with Gasteiger partial charge in [0.2, 0.25) is 5.91 Å². The molecule has 0 aliphatic rings. The van der Waals surface area contributed by atoms with Crippen molar-refractivity contribution in [3.8, 4) is 0 Å². The number of rotatable bonds is 5. The highest BCUT2D eigenvalue weighted by Gasteiger charge is 2.15. The summed E-state index contributed by atoms with van der Waals surface area (Å²) in [7, 11) is 3.49. The second-order valence-electron chi connectivity index (χ2n) is 4.22. The summed E-state index contributed by atoms with van der Waals surface area (Å²) in [4.78, 5) is 24.4. The summed E-state index contributed by atoms with van der Waals surface area (Å²) in [5.41, 5.74) is 1.43. The Bertz CT molecular complexity index is 449. The minimum Gasteiger partial charge on any atom is -0.373 e. The molecule has 1 aromatic rings. The number of nitrogens with zero attached hydrogens (tertiary/aromatic N) is 1.